The van der Waals surface area contributed by atoms with Crippen LogP contribution in [-0.2, 0) is 11.3 Å². The summed E-state index contributed by atoms with van der Waals surface area (Å²) in [5.41, 5.74) is 3.73. The number of carbonyl (C=O) groups is 1. The molecule has 29 heavy (non-hydrogen) atoms. The number of anilines is 2. The van der Waals surface area contributed by atoms with E-state index in [0.717, 1.165) is 26.3 Å². The minimum Gasteiger partial charge on any atom is -0.483 e. The number of hydrogen-bond acceptors (Lipinski definition) is 3. The van der Waals surface area contributed by atoms with Crippen molar-refractivity contribution in [2.75, 3.05) is 17.2 Å². The van der Waals surface area contributed by atoms with E-state index in [1.54, 1.807) is 24.3 Å². The van der Waals surface area contributed by atoms with Gasteiger partial charge in [0.15, 0.2) is 6.61 Å². The number of nitrogens with one attached hydrogen (secondary N) is 2. The molecule has 0 unspecified atom stereocenters. The lowest BCUT2D eigenvalue weighted by atomic mass is 10.2. The molecule has 0 bridgehead atoms. The van der Waals surface area contributed by atoms with Crippen LogP contribution in [0.2, 0.25) is 10.0 Å². The van der Waals surface area contributed by atoms with Gasteiger partial charge in [-0.15, -0.1) is 0 Å². The van der Waals surface area contributed by atoms with Crippen molar-refractivity contribution in [3.63, 3.8) is 0 Å². The largest absolute Gasteiger partial charge is 0.483 e. The smallest absolute Gasteiger partial charge is 0.262 e. The third-order valence-electron chi connectivity index (χ3n) is 4.15. The fourth-order valence-electron chi connectivity index (χ4n) is 2.55. The van der Waals surface area contributed by atoms with E-state index < -0.39 is 0 Å². The van der Waals surface area contributed by atoms with Crippen molar-refractivity contribution in [2.45, 2.75) is 13.5 Å². The molecule has 4 nitrogen and oxygen atoms in total. The highest BCUT2D eigenvalue weighted by Crippen LogP contribution is 2.27. The lowest BCUT2D eigenvalue weighted by Crippen LogP contribution is -2.20. The second-order valence-electron chi connectivity index (χ2n) is 6.43. The van der Waals surface area contributed by atoms with Gasteiger partial charge in [0, 0.05) is 28.0 Å². The summed E-state index contributed by atoms with van der Waals surface area (Å²) in [7, 11) is 0. The quantitative estimate of drug-likeness (QED) is 0.385. The van der Waals surface area contributed by atoms with E-state index in [0.29, 0.717) is 23.0 Å². The van der Waals surface area contributed by atoms with Crippen LogP contribution in [0.4, 0.5) is 11.4 Å². The molecule has 3 rings (SSSR count). The van der Waals surface area contributed by atoms with Crippen molar-refractivity contribution >= 4 is 56.4 Å². The van der Waals surface area contributed by atoms with Crippen molar-refractivity contribution in [1.29, 1.82) is 0 Å². The van der Waals surface area contributed by atoms with Crippen LogP contribution < -0.4 is 15.4 Å². The molecule has 0 saturated carbocycles. The topological polar surface area (TPSA) is 50.4 Å². The number of halogens is 3. The molecule has 3 aromatic carbocycles. The maximum atomic E-state index is 12.1. The predicted octanol–water partition coefficient (Wildman–Crippen LogP) is 6.69. The number of rotatable bonds is 7. The molecule has 0 aliphatic rings. The van der Waals surface area contributed by atoms with Crippen LogP contribution in [0.25, 0.3) is 0 Å². The zero-order valence-corrected chi connectivity index (χ0v) is 18.7. The van der Waals surface area contributed by atoms with Crippen LogP contribution in [0.1, 0.15) is 11.1 Å². The number of amides is 1. The molecule has 0 aromatic heterocycles. The van der Waals surface area contributed by atoms with Gasteiger partial charge >= 0.3 is 0 Å². The summed E-state index contributed by atoms with van der Waals surface area (Å²) in [5, 5.41) is 7.44. The lowest BCUT2D eigenvalue weighted by Gasteiger charge is -2.12. The molecule has 0 fully saturated rings. The Morgan fingerprint density at radius 1 is 1.00 bits per heavy atom. The van der Waals surface area contributed by atoms with Crippen LogP contribution >= 0.6 is 39.1 Å². The molecule has 3 aromatic rings. The summed E-state index contributed by atoms with van der Waals surface area (Å²) in [5.74, 6) is 0.347. The van der Waals surface area contributed by atoms with E-state index in [1.165, 1.54) is 0 Å². The molecule has 0 spiro atoms. The van der Waals surface area contributed by atoms with Crippen molar-refractivity contribution in [2.24, 2.45) is 0 Å². The maximum Gasteiger partial charge on any atom is 0.262 e. The van der Waals surface area contributed by atoms with Crippen LogP contribution in [0, 0.1) is 6.92 Å². The van der Waals surface area contributed by atoms with Crippen LogP contribution in [0.3, 0.4) is 0 Å². The summed E-state index contributed by atoms with van der Waals surface area (Å²) in [6.07, 6.45) is 0. The molecule has 0 aliphatic carbocycles. The number of aryl methyl sites for hydroxylation is 1. The van der Waals surface area contributed by atoms with Crippen molar-refractivity contribution in [1.82, 2.24) is 0 Å². The SMILES string of the molecule is Cc1ccc(NCc2ccc(OCC(=O)Nc3ccc(Cl)cc3)c(Br)c2)cc1Cl. The van der Waals surface area contributed by atoms with E-state index in [2.05, 4.69) is 26.6 Å². The first-order chi connectivity index (χ1) is 13.9. The first-order valence-electron chi connectivity index (χ1n) is 8.87. The van der Waals surface area contributed by atoms with E-state index in [9.17, 15) is 4.79 Å². The normalized spacial score (nSPS) is 10.5. The van der Waals surface area contributed by atoms with Gasteiger partial charge in [-0.3, -0.25) is 4.79 Å². The van der Waals surface area contributed by atoms with E-state index >= 15 is 0 Å². The maximum absolute atomic E-state index is 12.1. The van der Waals surface area contributed by atoms with Crippen molar-refractivity contribution in [3.05, 3.63) is 86.3 Å². The zero-order chi connectivity index (χ0) is 20.8. The third kappa shape index (κ3) is 6.39. The molecule has 0 radical (unpaired) electrons. The van der Waals surface area contributed by atoms with Crippen LogP contribution in [0.15, 0.2) is 65.1 Å². The minimum atomic E-state index is -0.249. The number of carbonyl (C=O) groups excluding carboxylic acids is 1. The van der Waals surface area contributed by atoms with Gasteiger partial charge < -0.3 is 15.4 Å². The third-order valence-corrected chi connectivity index (χ3v) is 5.43. The van der Waals surface area contributed by atoms with Gasteiger partial charge in [-0.2, -0.15) is 0 Å². The summed E-state index contributed by atoms with van der Waals surface area (Å²) in [6, 6.07) is 18.5. The summed E-state index contributed by atoms with van der Waals surface area (Å²) >= 11 is 15.5. The summed E-state index contributed by atoms with van der Waals surface area (Å²) in [6.45, 7) is 2.51. The van der Waals surface area contributed by atoms with Crippen molar-refractivity contribution < 1.29 is 9.53 Å². The first-order valence-corrected chi connectivity index (χ1v) is 10.4. The zero-order valence-electron chi connectivity index (χ0n) is 15.6. The first kappa shape index (κ1) is 21.5. The second-order valence-corrected chi connectivity index (χ2v) is 8.12. The fraction of sp³-hybridized carbons (Fsp3) is 0.136. The van der Waals surface area contributed by atoms with E-state index in [4.69, 9.17) is 27.9 Å². The van der Waals surface area contributed by atoms with Crippen molar-refractivity contribution in [3.8, 4) is 5.75 Å². The Balaban J connectivity index is 1.52. The second kappa shape index (κ2) is 10.0. The highest BCUT2D eigenvalue weighted by atomic mass is 79.9. The molecule has 0 atom stereocenters. The molecule has 0 aliphatic heterocycles. The van der Waals surface area contributed by atoms with Crippen LogP contribution in [0.5, 0.6) is 5.75 Å². The van der Waals surface area contributed by atoms with E-state index in [-0.39, 0.29) is 12.5 Å². The van der Waals surface area contributed by atoms with Gasteiger partial charge in [-0.1, -0.05) is 35.3 Å². The molecule has 150 valence electrons. The Bertz CT molecular complexity index is 1010. The number of benzene rings is 3. The standard InChI is InChI=1S/C22H19BrCl2N2O2/c1-14-2-6-18(11-20(14)25)26-12-15-3-9-21(19(23)10-15)29-13-22(28)27-17-7-4-16(24)5-8-17/h2-11,26H,12-13H2,1H3,(H,27,28). The number of ether oxygens (including phenoxy) is 1. The molecule has 2 N–H and O–H groups in total. The van der Waals surface area contributed by atoms with Gasteiger partial charge in [-0.05, 0) is 82.5 Å². The number of hydrogen-bond donors (Lipinski definition) is 2. The molecule has 7 heteroatoms. The van der Waals surface area contributed by atoms with Gasteiger partial charge in [-0.25, -0.2) is 0 Å². The summed E-state index contributed by atoms with van der Waals surface area (Å²) < 4.78 is 6.39. The Morgan fingerprint density at radius 3 is 2.41 bits per heavy atom. The molecule has 0 saturated heterocycles. The highest BCUT2D eigenvalue weighted by molar-refractivity contribution is 9.10. The Labute approximate surface area is 188 Å². The van der Waals surface area contributed by atoms with Gasteiger partial charge in [0.25, 0.3) is 5.91 Å². The summed E-state index contributed by atoms with van der Waals surface area (Å²) in [4.78, 5) is 12.1. The van der Waals surface area contributed by atoms with Crippen LogP contribution in [-0.4, -0.2) is 12.5 Å². The van der Waals surface area contributed by atoms with Gasteiger partial charge in [0.05, 0.1) is 4.47 Å². The lowest BCUT2D eigenvalue weighted by molar-refractivity contribution is -0.118. The fourth-order valence-corrected chi connectivity index (χ4v) is 3.40. The predicted molar refractivity (Wildman–Crippen MR) is 123 cm³/mol. The molecular weight excluding hydrogens is 475 g/mol. The van der Waals surface area contributed by atoms with Gasteiger partial charge in [0.1, 0.15) is 5.75 Å². The minimum absolute atomic E-state index is 0.0965. The Morgan fingerprint density at radius 2 is 1.72 bits per heavy atom. The van der Waals surface area contributed by atoms with E-state index in [1.807, 2.05) is 43.3 Å². The Hall–Kier alpha value is -2.21. The molecule has 0 heterocycles. The Kier molecular flexibility index (Phi) is 7.42. The van der Waals surface area contributed by atoms with Gasteiger partial charge in [0.2, 0.25) is 0 Å². The molecule has 1 amide bonds. The average Bonchev–Trinajstić information content (AvgIpc) is 2.70. The monoisotopic (exact) mass is 492 g/mol. The molecular formula is C22H19BrCl2N2O2. The average molecular weight is 494 g/mol. The highest BCUT2D eigenvalue weighted by Gasteiger charge is 2.08.